The Morgan fingerprint density at radius 2 is 2.19 bits per heavy atom. The molecule has 0 unspecified atom stereocenters. The fourth-order valence-electron chi connectivity index (χ4n) is 1.79. The van der Waals surface area contributed by atoms with Gasteiger partial charge in [0.25, 0.3) is 0 Å². The molecule has 0 aliphatic heterocycles. The maximum Gasteiger partial charge on any atom is 0.336 e. The van der Waals surface area contributed by atoms with Crippen LogP contribution in [0.25, 0.3) is 0 Å². The summed E-state index contributed by atoms with van der Waals surface area (Å²) in [6.45, 7) is 1.92. The minimum atomic E-state index is -1.03. The van der Waals surface area contributed by atoms with Crippen molar-refractivity contribution >= 4 is 17.6 Å². The number of carboxylic acid groups (broad SMARTS) is 1. The van der Waals surface area contributed by atoms with Gasteiger partial charge in [0.15, 0.2) is 0 Å². The SMILES string of the molecule is Cc1ccc(NC(=O)Cn2cc(CN)nn2)cc1C(=O)O. The summed E-state index contributed by atoms with van der Waals surface area (Å²) >= 11 is 0. The molecule has 0 radical (unpaired) electrons. The van der Waals surface area contributed by atoms with Crippen LogP contribution in [0.2, 0.25) is 0 Å². The van der Waals surface area contributed by atoms with Crippen LogP contribution in [0, 0.1) is 6.92 Å². The van der Waals surface area contributed by atoms with Crippen LogP contribution in [-0.2, 0) is 17.9 Å². The molecule has 4 N–H and O–H groups in total. The topological polar surface area (TPSA) is 123 Å². The Balaban J connectivity index is 2.05. The number of aryl methyl sites for hydroxylation is 1. The van der Waals surface area contributed by atoms with E-state index in [4.69, 9.17) is 10.8 Å². The number of aromatic carboxylic acids is 1. The van der Waals surface area contributed by atoms with Crippen molar-refractivity contribution in [2.24, 2.45) is 5.73 Å². The standard InChI is InChI=1S/C13H15N5O3/c1-8-2-3-9(4-11(8)13(20)21)15-12(19)7-18-6-10(5-14)16-17-18/h2-4,6H,5,7,14H2,1H3,(H,15,19)(H,20,21). The van der Waals surface area contributed by atoms with Crippen molar-refractivity contribution in [1.82, 2.24) is 15.0 Å². The Labute approximate surface area is 120 Å². The third-order valence-corrected chi connectivity index (χ3v) is 2.85. The summed E-state index contributed by atoms with van der Waals surface area (Å²) in [5, 5.41) is 19.2. The Hall–Kier alpha value is -2.74. The fourth-order valence-corrected chi connectivity index (χ4v) is 1.79. The van der Waals surface area contributed by atoms with Crippen molar-refractivity contribution in [3.05, 3.63) is 41.2 Å². The largest absolute Gasteiger partial charge is 0.478 e. The van der Waals surface area contributed by atoms with E-state index in [-0.39, 0.29) is 24.6 Å². The monoisotopic (exact) mass is 289 g/mol. The minimum Gasteiger partial charge on any atom is -0.478 e. The second-order valence-electron chi connectivity index (χ2n) is 4.49. The van der Waals surface area contributed by atoms with Crippen LogP contribution < -0.4 is 11.1 Å². The van der Waals surface area contributed by atoms with Crippen molar-refractivity contribution in [3.8, 4) is 0 Å². The first-order valence-electron chi connectivity index (χ1n) is 6.22. The average Bonchev–Trinajstić information content (AvgIpc) is 2.88. The quantitative estimate of drug-likeness (QED) is 0.731. The van der Waals surface area contributed by atoms with E-state index in [2.05, 4.69) is 15.6 Å². The highest BCUT2D eigenvalue weighted by molar-refractivity contribution is 5.94. The molecule has 0 saturated heterocycles. The summed E-state index contributed by atoms with van der Waals surface area (Å²) in [6.07, 6.45) is 1.58. The number of aromatic nitrogens is 3. The number of nitrogens with two attached hydrogens (primary N) is 1. The van der Waals surface area contributed by atoms with E-state index in [1.807, 2.05) is 0 Å². The molecule has 110 valence electrons. The van der Waals surface area contributed by atoms with Crippen molar-refractivity contribution in [2.45, 2.75) is 20.0 Å². The number of amides is 1. The number of nitrogens with one attached hydrogen (secondary N) is 1. The molecule has 1 amide bonds. The van der Waals surface area contributed by atoms with Crippen molar-refractivity contribution in [2.75, 3.05) is 5.32 Å². The van der Waals surface area contributed by atoms with E-state index >= 15 is 0 Å². The molecule has 0 spiro atoms. The Morgan fingerprint density at radius 1 is 1.43 bits per heavy atom. The molecular formula is C13H15N5O3. The van der Waals surface area contributed by atoms with Crippen LogP contribution >= 0.6 is 0 Å². The van der Waals surface area contributed by atoms with Gasteiger partial charge in [-0.05, 0) is 24.6 Å². The van der Waals surface area contributed by atoms with Crippen LogP contribution in [0.15, 0.2) is 24.4 Å². The van der Waals surface area contributed by atoms with Gasteiger partial charge < -0.3 is 16.2 Å². The van der Waals surface area contributed by atoms with Crippen molar-refractivity contribution in [1.29, 1.82) is 0 Å². The maximum atomic E-state index is 11.9. The predicted octanol–water partition coefficient (Wildman–Crippen LogP) is 0.382. The molecule has 0 saturated carbocycles. The molecule has 2 rings (SSSR count). The number of anilines is 1. The summed E-state index contributed by atoms with van der Waals surface area (Å²) in [7, 11) is 0. The normalized spacial score (nSPS) is 10.4. The van der Waals surface area contributed by atoms with Crippen LogP contribution in [0.4, 0.5) is 5.69 Å². The van der Waals surface area contributed by atoms with Gasteiger partial charge in [-0.1, -0.05) is 11.3 Å². The molecule has 2 aromatic rings. The smallest absolute Gasteiger partial charge is 0.336 e. The molecule has 1 heterocycles. The first kappa shape index (κ1) is 14.7. The lowest BCUT2D eigenvalue weighted by Gasteiger charge is -2.07. The second-order valence-corrected chi connectivity index (χ2v) is 4.49. The van der Waals surface area contributed by atoms with Gasteiger partial charge in [-0.3, -0.25) is 4.79 Å². The summed E-state index contributed by atoms with van der Waals surface area (Å²) in [5.74, 6) is -1.36. The first-order valence-corrected chi connectivity index (χ1v) is 6.22. The molecule has 0 aliphatic rings. The van der Waals surface area contributed by atoms with Gasteiger partial charge in [0.2, 0.25) is 5.91 Å². The highest BCUT2D eigenvalue weighted by atomic mass is 16.4. The average molecular weight is 289 g/mol. The number of carbonyl (C=O) groups excluding carboxylic acids is 1. The molecule has 21 heavy (non-hydrogen) atoms. The third-order valence-electron chi connectivity index (χ3n) is 2.85. The molecule has 8 heteroatoms. The fraction of sp³-hybridized carbons (Fsp3) is 0.231. The van der Waals surface area contributed by atoms with E-state index in [9.17, 15) is 9.59 Å². The van der Waals surface area contributed by atoms with Gasteiger partial charge in [-0.15, -0.1) is 5.10 Å². The lowest BCUT2D eigenvalue weighted by Crippen LogP contribution is -2.19. The molecule has 8 nitrogen and oxygen atoms in total. The zero-order valence-corrected chi connectivity index (χ0v) is 11.4. The molecule has 0 fully saturated rings. The van der Waals surface area contributed by atoms with Gasteiger partial charge in [0.05, 0.1) is 17.5 Å². The van der Waals surface area contributed by atoms with Crippen molar-refractivity contribution in [3.63, 3.8) is 0 Å². The highest BCUT2D eigenvalue weighted by Gasteiger charge is 2.10. The zero-order valence-electron chi connectivity index (χ0n) is 11.4. The van der Waals surface area contributed by atoms with Gasteiger partial charge in [-0.2, -0.15) is 0 Å². The van der Waals surface area contributed by atoms with E-state index in [1.165, 1.54) is 10.7 Å². The lowest BCUT2D eigenvalue weighted by atomic mass is 10.1. The van der Waals surface area contributed by atoms with E-state index in [0.717, 1.165) is 0 Å². The first-order chi connectivity index (χ1) is 9.99. The molecule has 0 atom stereocenters. The second kappa shape index (κ2) is 6.14. The number of carbonyl (C=O) groups is 2. The number of hydrogen-bond donors (Lipinski definition) is 3. The van der Waals surface area contributed by atoms with Crippen LogP contribution in [0.3, 0.4) is 0 Å². The number of rotatable bonds is 5. The molecule has 0 aliphatic carbocycles. The van der Waals surface area contributed by atoms with Crippen LogP contribution in [0.5, 0.6) is 0 Å². The third kappa shape index (κ3) is 3.63. The van der Waals surface area contributed by atoms with E-state index < -0.39 is 5.97 Å². The molecule has 0 bridgehead atoms. The summed E-state index contributed by atoms with van der Waals surface area (Å²) in [5.41, 5.74) is 7.19. The van der Waals surface area contributed by atoms with Gasteiger partial charge >= 0.3 is 5.97 Å². The highest BCUT2D eigenvalue weighted by Crippen LogP contribution is 2.15. The van der Waals surface area contributed by atoms with Gasteiger partial charge in [-0.25, -0.2) is 9.48 Å². The molecule has 1 aromatic heterocycles. The van der Waals surface area contributed by atoms with Gasteiger partial charge in [0.1, 0.15) is 6.54 Å². The van der Waals surface area contributed by atoms with E-state index in [0.29, 0.717) is 16.9 Å². The Bertz CT molecular complexity index is 680. The van der Waals surface area contributed by atoms with Crippen LogP contribution in [0.1, 0.15) is 21.6 Å². The number of nitrogens with zero attached hydrogens (tertiary/aromatic N) is 3. The number of hydrogen-bond acceptors (Lipinski definition) is 5. The summed E-state index contributed by atoms with van der Waals surface area (Å²) in [6, 6.07) is 4.70. The summed E-state index contributed by atoms with van der Waals surface area (Å²) < 4.78 is 1.36. The predicted molar refractivity (Wildman–Crippen MR) is 74.7 cm³/mol. The van der Waals surface area contributed by atoms with Crippen molar-refractivity contribution < 1.29 is 14.7 Å². The zero-order chi connectivity index (χ0) is 15.4. The minimum absolute atomic E-state index is 0.0245. The van der Waals surface area contributed by atoms with Crippen LogP contribution in [-0.4, -0.2) is 32.0 Å². The van der Waals surface area contributed by atoms with E-state index in [1.54, 1.807) is 25.3 Å². The lowest BCUT2D eigenvalue weighted by molar-refractivity contribution is -0.116. The Morgan fingerprint density at radius 3 is 2.81 bits per heavy atom. The maximum absolute atomic E-state index is 11.9. The number of benzene rings is 1. The van der Waals surface area contributed by atoms with Gasteiger partial charge in [0, 0.05) is 12.2 Å². The molecular weight excluding hydrogens is 274 g/mol. The number of carboxylic acids is 1. The molecule has 1 aromatic carbocycles. The summed E-state index contributed by atoms with van der Waals surface area (Å²) in [4.78, 5) is 22.9. The Kier molecular flexibility index (Phi) is 4.29.